The van der Waals surface area contributed by atoms with Crippen molar-refractivity contribution in [2.75, 3.05) is 6.26 Å². The van der Waals surface area contributed by atoms with Crippen LogP contribution >= 0.6 is 11.8 Å². The van der Waals surface area contributed by atoms with Crippen molar-refractivity contribution in [1.82, 2.24) is 0 Å². The Balaban J connectivity index is 2.25. The van der Waals surface area contributed by atoms with E-state index in [1.807, 2.05) is 20.1 Å². The second kappa shape index (κ2) is 8.15. The van der Waals surface area contributed by atoms with Crippen LogP contribution in [0.4, 0.5) is 0 Å². The Morgan fingerprint density at radius 3 is 2.35 bits per heavy atom. The Hall–Kier alpha value is -1.07. The van der Waals surface area contributed by atoms with Gasteiger partial charge in [-0.3, -0.25) is 0 Å². The first-order chi connectivity index (χ1) is 10.9. The third kappa shape index (κ3) is 5.21. The van der Waals surface area contributed by atoms with Crippen LogP contribution in [0.5, 0.6) is 0 Å². The summed E-state index contributed by atoms with van der Waals surface area (Å²) in [6.07, 6.45) is 10.3. The van der Waals surface area contributed by atoms with Gasteiger partial charge in [-0.15, -0.1) is 11.8 Å². The van der Waals surface area contributed by atoms with Gasteiger partial charge in [0.1, 0.15) is 5.04 Å². The van der Waals surface area contributed by atoms with Crippen LogP contribution in [0.1, 0.15) is 44.6 Å². The second-order valence-electron chi connectivity index (χ2n) is 6.14. The topological polar surface area (TPSA) is 46.5 Å². The highest BCUT2D eigenvalue weighted by molar-refractivity contribution is 8.14. The number of aryl methyl sites for hydroxylation is 1. The van der Waals surface area contributed by atoms with E-state index < -0.39 is 10.0 Å². The number of allylic oxidation sites excluding steroid dienone is 1. The molecule has 0 heterocycles. The van der Waals surface area contributed by atoms with E-state index in [0.29, 0.717) is 11.0 Å². The van der Waals surface area contributed by atoms with E-state index >= 15 is 0 Å². The van der Waals surface area contributed by atoms with Crippen molar-refractivity contribution in [1.29, 1.82) is 0 Å². The van der Waals surface area contributed by atoms with E-state index in [1.165, 1.54) is 43.9 Å². The van der Waals surface area contributed by atoms with E-state index in [9.17, 15) is 8.42 Å². The zero-order valence-electron chi connectivity index (χ0n) is 14.1. The lowest BCUT2D eigenvalue weighted by atomic mass is 9.88. The number of benzene rings is 1. The predicted octanol–water partition coefficient (Wildman–Crippen LogP) is 4.97. The summed E-state index contributed by atoms with van der Waals surface area (Å²) < 4.78 is 29.0. The van der Waals surface area contributed by atoms with Crippen molar-refractivity contribution in [2.24, 2.45) is 10.3 Å². The molecular formula is C18H25NO2S2. The predicted molar refractivity (Wildman–Crippen MR) is 99.6 cm³/mol. The molecule has 0 atom stereocenters. The first-order valence-corrected chi connectivity index (χ1v) is 10.7. The highest BCUT2D eigenvalue weighted by Gasteiger charge is 2.16. The standard InChI is InChI=1S/C18H25NO2S2/c1-14-9-11-17(12-10-14)23(20,21)19-18(22-3)15(2)13-16-7-5-4-6-8-16/h9-13,16H,4-8H2,1-3H3/b15-13+,19-18+. The molecule has 0 radical (unpaired) electrons. The molecule has 0 unspecified atom stereocenters. The van der Waals surface area contributed by atoms with Gasteiger partial charge in [0.15, 0.2) is 0 Å². The maximum atomic E-state index is 12.5. The fourth-order valence-electron chi connectivity index (χ4n) is 2.87. The molecule has 0 amide bonds. The molecule has 1 aromatic carbocycles. The number of sulfonamides is 1. The summed E-state index contributed by atoms with van der Waals surface area (Å²) in [5.41, 5.74) is 2.01. The number of thioether (sulfide) groups is 1. The molecule has 2 rings (SSSR count). The van der Waals surface area contributed by atoms with Crippen LogP contribution in [-0.2, 0) is 10.0 Å². The summed E-state index contributed by atoms with van der Waals surface area (Å²) in [6, 6.07) is 6.83. The average Bonchev–Trinajstić information content (AvgIpc) is 2.54. The molecule has 0 bridgehead atoms. The lowest BCUT2D eigenvalue weighted by Gasteiger charge is -2.19. The summed E-state index contributed by atoms with van der Waals surface area (Å²) in [6.45, 7) is 3.90. The molecule has 1 aromatic rings. The van der Waals surface area contributed by atoms with Crippen LogP contribution in [0.15, 0.2) is 45.2 Å². The molecule has 1 fully saturated rings. The number of hydrogen-bond acceptors (Lipinski definition) is 3. The van der Waals surface area contributed by atoms with E-state index in [2.05, 4.69) is 10.5 Å². The number of nitrogens with zero attached hydrogens (tertiary/aromatic N) is 1. The monoisotopic (exact) mass is 351 g/mol. The summed E-state index contributed by atoms with van der Waals surface area (Å²) in [7, 11) is -3.65. The Morgan fingerprint density at radius 2 is 1.78 bits per heavy atom. The summed E-state index contributed by atoms with van der Waals surface area (Å²) in [5.74, 6) is 0.558. The molecule has 0 aromatic heterocycles. The third-order valence-electron chi connectivity index (χ3n) is 4.19. The summed E-state index contributed by atoms with van der Waals surface area (Å²) in [5, 5.41) is 0.594. The fraction of sp³-hybridized carbons (Fsp3) is 0.500. The molecule has 0 saturated heterocycles. The Bertz CT molecular complexity index is 682. The zero-order chi connectivity index (χ0) is 16.9. The van der Waals surface area contributed by atoms with Crippen LogP contribution in [-0.4, -0.2) is 19.7 Å². The molecule has 1 aliphatic rings. The van der Waals surface area contributed by atoms with Crippen LogP contribution in [0.2, 0.25) is 0 Å². The largest absolute Gasteiger partial charge is 0.283 e. The van der Waals surface area contributed by atoms with Crippen molar-refractivity contribution in [3.05, 3.63) is 41.5 Å². The maximum absolute atomic E-state index is 12.5. The van der Waals surface area contributed by atoms with Crippen molar-refractivity contribution >= 4 is 26.8 Å². The van der Waals surface area contributed by atoms with Crippen molar-refractivity contribution in [2.45, 2.75) is 50.8 Å². The van der Waals surface area contributed by atoms with Gasteiger partial charge in [0, 0.05) is 0 Å². The molecule has 1 saturated carbocycles. The Morgan fingerprint density at radius 1 is 1.17 bits per heavy atom. The number of hydrogen-bond donors (Lipinski definition) is 0. The van der Waals surface area contributed by atoms with Crippen LogP contribution in [0.3, 0.4) is 0 Å². The number of rotatable bonds is 4. The minimum absolute atomic E-state index is 0.250. The molecule has 0 N–H and O–H groups in total. The quantitative estimate of drug-likeness (QED) is 0.568. The molecule has 1 aliphatic carbocycles. The van der Waals surface area contributed by atoms with Gasteiger partial charge in [0.05, 0.1) is 4.90 Å². The van der Waals surface area contributed by atoms with Gasteiger partial charge in [-0.1, -0.05) is 43.0 Å². The molecule has 23 heavy (non-hydrogen) atoms. The summed E-state index contributed by atoms with van der Waals surface area (Å²) >= 11 is 1.39. The van der Waals surface area contributed by atoms with Crippen molar-refractivity contribution < 1.29 is 8.42 Å². The van der Waals surface area contributed by atoms with Gasteiger partial charge in [0.25, 0.3) is 10.0 Å². The second-order valence-corrected chi connectivity index (χ2v) is 8.54. The molecule has 126 valence electrons. The molecule has 5 heteroatoms. The fourth-order valence-corrected chi connectivity index (χ4v) is 4.80. The average molecular weight is 352 g/mol. The van der Waals surface area contributed by atoms with Gasteiger partial charge < -0.3 is 0 Å². The van der Waals surface area contributed by atoms with Crippen LogP contribution in [0, 0.1) is 12.8 Å². The molecule has 0 spiro atoms. The van der Waals surface area contributed by atoms with Crippen molar-refractivity contribution in [3.63, 3.8) is 0 Å². The van der Waals surface area contributed by atoms with E-state index in [0.717, 1.165) is 11.1 Å². The van der Waals surface area contributed by atoms with Crippen molar-refractivity contribution in [3.8, 4) is 0 Å². The lowest BCUT2D eigenvalue weighted by molar-refractivity contribution is 0.418. The first kappa shape index (κ1) is 18.3. The SMILES string of the molecule is CSC(=N/S(=O)(=O)c1ccc(C)cc1)/C(C)=C/C1CCCCC1. The highest BCUT2D eigenvalue weighted by atomic mass is 32.2. The van der Waals surface area contributed by atoms with E-state index in [1.54, 1.807) is 24.3 Å². The van der Waals surface area contributed by atoms with Gasteiger partial charge >= 0.3 is 0 Å². The van der Waals surface area contributed by atoms with E-state index in [-0.39, 0.29) is 4.90 Å². The van der Waals surface area contributed by atoms with Crippen LogP contribution in [0.25, 0.3) is 0 Å². The normalized spacial score (nSPS) is 18.2. The van der Waals surface area contributed by atoms with E-state index in [4.69, 9.17) is 0 Å². The smallest absolute Gasteiger partial charge is 0.199 e. The van der Waals surface area contributed by atoms with Gasteiger partial charge in [0.2, 0.25) is 0 Å². The van der Waals surface area contributed by atoms with Crippen LogP contribution < -0.4 is 0 Å². The first-order valence-electron chi connectivity index (χ1n) is 8.07. The van der Waals surface area contributed by atoms with Gasteiger partial charge in [-0.05, 0) is 56.6 Å². The molecule has 0 aliphatic heterocycles. The van der Waals surface area contributed by atoms with Gasteiger partial charge in [-0.2, -0.15) is 12.8 Å². The minimum Gasteiger partial charge on any atom is -0.199 e. The van der Waals surface area contributed by atoms with Gasteiger partial charge in [-0.25, -0.2) is 0 Å². The maximum Gasteiger partial charge on any atom is 0.283 e. The molecule has 3 nitrogen and oxygen atoms in total. The lowest BCUT2D eigenvalue weighted by Crippen LogP contribution is -2.07. The Kier molecular flexibility index (Phi) is 6.48. The Labute approximate surface area is 144 Å². The zero-order valence-corrected chi connectivity index (χ0v) is 15.7. The third-order valence-corrected chi connectivity index (χ3v) is 6.39. The molecular weight excluding hydrogens is 326 g/mol. The summed E-state index contributed by atoms with van der Waals surface area (Å²) in [4.78, 5) is 0.250. The minimum atomic E-state index is -3.65. The highest BCUT2D eigenvalue weighted by Crippen LogP contribution is 2.27.